The predicted octanol–water partition coefficient (Wildman–Crippen LogP) is 4.44. The molecule has 0 atom stereocenters. The largest absolute Gasteiger partial charge is 0.369 e. The van der Waals surface area contributed by atoms with Crippen LogP contribution in [0.2, 0.25) is 0 Å². The smallest absolute Gasteiger partial charge is 0.253 e. The molecule has 5 rings (SSSR count). The number of carbonyl (C=O) groups excluding carboxylic acids is 1. The summed E-state index contributed by atoms with van der Waals surface area (Å²) in [6, 6.07) is 20.6. The summed E-state index contributed by atoms with van der Waals surface area (Å²) in [5.41, 5.74) is 6.21. The van der Waals surface area contributed by atoms with Gasteiger partial charge in [0.05, 0.1) is 5.52 Å². The van der Waals surface area contributed by atoms with Crippen molar-refractivity contribution in [3.63, 3.8) is 0 Å². The highest BCUT2D eigenvalue weighted by Crippen LogP contribution is 2.29. The predicted molar refractivity (Wildman–Crippen MR) is 144 cm³/mol. The highest BCUT2D eigenvalue weighted by Gasteiger charge is 2.15. The molecular weight excluding hydrogens is 436 g/mol. The Hall–Kier alpha value is -3.84. The van der Waals surface area contributed by atoms with E-state index < -0.39 is 0 Å². The average molecular weight is 469 g/mol. The minimum atomic E-state index is 0.00470. The van der Waals surface area contributed by atoms with Gasteiger partial charge in [-0.1, -0.05) is 12.1 Å². The molecule has 1 N–H and O–H groups in total. The Morgan fingerprint density at radius 2 is 1.60 bits per heavy atom. The number of piperazine rings is 1. The van der Waals surface area contributed by atoms with Gasteiger partial charge in [-0.15, -0.1) is 0 Å². The van der Waals surface area contributed by atoms with E-state index in [1.54, 1.807) is 19.0 Å². The number of pyridine rings is 1. The van der Waals surface area contributed by atoms with Gasteiger partial charge in [-0.3, -0.25) is 4.79 Å². The van der Waals surface area contributed by atoms with Gasteiger partial charge in [0.1, 0.15) is 5.82 Å². The number of anilines is 3. The number of aryl methyl sites for hydroxylation is 1. The first-order chi connectivity index (χ1) is 16.9. The molecule has 2 aromatic heterocycles. The molecule has 7 heteroatoms. The fourth-order valence-electron chi connectivity index (χ4n) is 4.59. The van der Waals surface area contributed by atoms with Gasteiger partial charge in [-0.05, 0) is 55.1 Å². The van der Waals surface area contributed by atoms with E-state index in [1.165, 1.54) is 5.69 Å². The lowest BCUT2D eigenvalue weighted by molar-refractivity contribution is 0.0827. The molecule has 1 fully saturated rings. The molecule has 0 spiro atoms. The van der Waals surface area contributed by atoms with Crippen LogP contribution in [-0.4, -0.2) is 72.6 Å². The summed E-state index contributed by atoms with van der Waals surface area (Å²) in [6.45, 7) is 4.32. The fourth-order valence-corrected chi connectivity index (χ4v) is 4.59. The van der Waals surface area contributed by atoms with Crippen molar-refractivity contribution in [3.05, 3.63) is 72.4 Å². The molecule has 0 unspecified atom stereocenters. The molecule has 2 aromatic carbocycles. The van der Waals surface area contributed by atoms with E-state index in [9.17, 15) is 4.79 Å². The second kappa shape index (κ2) is 9.43. The summed E-state index contributed by atoms with van der Waals surface area (Å²) >= 11 is 0. The number of hydrogen-bond acceptors (Lipinski definition) is 5. The number of rotatable bonds is 5. The molecule has 0 aliphatic carbocycles. The summed E-state index contributed by atoms with van der Waals surface area (Å²) < 4.78 is 2.17. The van der Waals surface area contributed by atoms with Gasteiger partial charge in [-0.25, -0.2) is 4.98 Å². The molecular formula is C28H32N6O. The Balaban J connectivity index is 1.34. The van der Waals surface area contributed by atoms with Crippen molar-refractivity contribution in [2.24, 2.45) is 7.05 Å². The normalized spacial score (nSPS) is 14.3. The van der Waals surface area contributed by atoms with Crippen molar-refractivity contribution in [2.45, 2.75) is 0 Å². The summed E-state index contributed by atoms with van der Waals surface area (Å²) in [5, 5.41) is 4.52. The molecule has 7 nitrogen and oxygen atoms in total. The Morgan fingerprint density at radius 1 is 0.914 bits per heavy atom. The lowest BCUT2D eigenvalue weighted by Crippen LogP contribution is -2.44. The van der Waals surface area contributed by atoms with Crippen LogP contribution in [0.5, 0.6) is 0 Å². The molecule has 1 amide bonds. The van der Waals surface area contributed by atoms with E-state index in [0.29, 0.717) is 5.56 Å². The van der Waals surface area contributed by atoms with Crippen LogP contribution >= 0.6 is 0 Å². The molecule has 0 radical (unpaired) electrons. The first-order valence-electron chi connectivity index (χ1n) is 12.0. The van der Waals surface area contributed by atoms with Crippen LogP contribution in [0.3, 0.4) is 0 Å². The number of aromatic nitrogens is 2. The van der Waals surface area contributed by atoms with E-state index >= 15 is 0 Å². The van der Waals surface area contributed by atoms with E-state index in [-0.39, 0.29) is 5.91 Å². The van der Waals surface area contributed by atoms with Crippen LogP contribution in [0.4, 0.5) is 17.2 Å². The van der Waals surface area contributed by atoms with Crippen LogP contribution in [0.25, 0.3) is 22.2 Å². The molecule has 0 bridgehead atoms. The first-order valence-corrected chi connectivity index (χ1v) is 12.0. The van der Waals surface area contributed by atoms with Gasteiger partial charge in [0, 0.05) is 87.6 Å². The summed E-state index contributed by atoms with van der Waals surface area (Å²) in [6.07, 6.45) is 1.91. The first kappa shape index (κ1) is 22.9. The van der Waals surface area contributed by atoms with Crippen LogP contribution in [0.1, 0.15) is 10.4 Å². The van der Waals surface area contributed by atoms with E-state index in [0.717, 1.165) is 59.8 Å². The van der Waals surface area contributed by atoms with Crippen molar-refractivity contribution in [2.75, 3.05) is 57.5 Å². The van der Waals surface area contributed by atoms with Crippen molar-refractivity contribution < 1.29 is 4.79 Å². The fraction of sp³-hybridized carbons (Fsp3) is 0.286. The summed E-state index contributed by atoms with van der Waals surface area (Å²) in [5.74, 6) is 0.814. The Bertz CT molecular complexity index is 1330. The van der Waals surface area contributed by atoms with E-state index in [2.05, 4.69) is 75.2 Å². The lowest BCUT2D eigenvalue weighted by Gasteiger charge is -2.34. The topological polar surface area (TPSA) is 56.6 Å². The van der Waals surface area contributed by atoms with Crippen LogP contribution < -0.4 is 10.2 Å². The third-order valence-corrected chi connectivity index (χ3v) is 6.77. The molecule has 1 aliphatic rings. The zero-order chi connectivity index (χ0) is 24.5. The van der Waals surface area contributed by atoms with Crippen LogP contribution in [0.15, 0.2) is 66.9 Å². The molecule has 4 aromatic rings. The minimum absolute atomic E-state index is 0.00470. The number of nitrogens with zero attached hydrogens (tertiary/aromatic N) is 5. The number of amides is 1. The summed E-state index contributed by atoms with van der Waals surface area (Å²) in [4.78, 5) is 23.2. The maximum atomic E-state index is 12.2. The van der Waals surface area contributed by atoms with Gasteiger partial charge in [0.15, 0.2) is 0 Å². The average Bonchev–Trinajstić information content (AvgIpc) is 3.20. The number of nitrogens with one attached hydrogen (secondary N) is 1. The number of hydrogen-bond donors (Lipinski definition) is 1. The second-order valence-corrected chi connectivity index (χ2v) is 9.46. The third-order valence-electron chi connectivity index (χ3n) is 6.77. The van der Waals surface area contributed by atoms with Gasteiger partial charge in [0.25, 0.3) is 5.91 Å². The Kier molecular flexibility index (Phi) is 6.17. The highest BCUT2D eigenvalue weighted by atomic mass is 16.2. The SMILES string of the molecule is CN1CCN(c2ccc(Nc3cc4c(cn3)cc(-c3ccc(C(=O)N(C)C)cc3)n4C)cc2)CC1. The van der Waals surface area contributed by atoms with Crippen LogP contribution in [0, 0.1) is 0 Å². The lowest BCUT2D eigenvalue weighted by atomic mass is 10.1. The van der Waals surface area contributed by atoms with Crippen molar-refractivity contribution in [3.8, 4) is 11.3 Å². The maximum absolute atomic E-state index is 12.2. The number of likely N-dealkylation sites (N-methyl/N-ethyl adjacent to an activating group) is 1. The minimum Gasteiger partial charge on any atom is -0.369 e. The number of carbonyl (C=O) groups is 1. The highest BCUT2D eigenvalue weighted by molar-refractivity contribution is 5.95. The van der Waals surface area contributed by atoms with Gasteiger partial charge < -0.3 is 24.6 Å². The van der Waals surface area contributed by atoms with Gasteiger partial charge >= 0.3 is 0 Å². The second-order valence-electron chi connectivity index (χ2n) is 9.46. The van der Waals surface area contributed by atoms with Gasteiger partial charge in [-0.2, -0.15) is 0 Å². The molecule has 1 aliphatic heterocycles. The standard InChI is InChI=1S/C28H32N6O/c1-31(2)28(35)21-7-5-20(6-8-21)25-17-22-19-29-27(18-26(22)33(25)4)30-23-9-11-24(12-10-23)34-15-13-32(3)14-16-34/h5-12,17-19H,13-16H2,1-4H3,(H,29,30). The zero-order valence-corrected chi connectivity index (χ0v) is 20.8. The zero-order valence-electron chi connectivity index (χ0n) is 20.8. The molecule has 1 saturated heterocycles. The van der Waals surface area contributed by atoms with E-state index in [4.69, 9.17) is 0 Å². The van der Waals surface area contributed by atoms with Crippen molar-refractivity contribution >= 4 is 34.0 Å². The Morgan fingerprint density at radius 3 is 2.26 bits per heavy atom. The maximum Gasteiger partial charge on any atom is 0.253 e. The molecule has 3 heterocycles. The van der Waals surface area contributed by atoms with Gasteiger partial charge in [0.2, 0.25) is 0 Å². The van der Waals surface area contributed by atoms with Crippen molar-refractivity contribution in [1.82, 2.24) is 19.4 Å². The summed E-state index contributed by atoms with van der Waals surface area (Å²) in [7, 11) is 7.76. The number of benzene rings is 2. The van der Waals surface area contributed by atoms with Crippen LogP contribution in [-0.2, 0) is 7.05 Å². The quantitative estimate of drug-likeness (QED) is 0.469. The Labute approximate surface area is 206 Å². The third kappa shape index (κ3) is 4.72. The molecule has 35 heavy (non-hydrogen) atoms. The number of fused-ring (bicyclic) bond motifs is 1. The monoisotopic (exact) mass is 468 g/mol. The van der Waals surface area contributed by atoms with Crippen molar-refractivity contribution in [1.29, 1.82) is 0 Å². The molecule has 0 saturated carbocycles. The molecule has 180 valence electrons. The van der Waals surface area contributed by atoms with E-state index in [1.807, 2.05) is 30.5 Å².